The summed E-state index contributed by atoms with van der Waals surface area (Å²) < 4.78 is 6.74. The van der Waals surface area contributed by atoms with Crippen LogP contribution in [0.25, 0.3) is 10.8 Å². The van der Waals surface area contributed by atoms with Crippen LogP contribution < -0.4 is 4.74 Å². The molecular formula is C15H11BrO2S. The van der Waals surface area contributed by atoms with Crippen LogP contribution in [0.1, 0.15) is 4.88 Å². The van der Waals surface area contributed by atoms with Gasteiger partial charge in [0.15, 0.2) is 11.5 Å². The Labute approximate surface area is 123 Å². The molecule has 0 fully saturated rings. The number of thiophene rings is 1. The van der Waals surface area contributed by atoms with Gasteiger partial charge in [0, 0.05) is 14.7 Å². The molecule has 0 radical (unpaired) electrons. The van der Waals surface area contributed by atoms with E-state index in [0.29, 0.717) is 12.4 Å². The lowest BCUT2D eigenvalue weighted by Crippen LogP contribution is -1.93. The number of hydrogen-bond acceptors (Lipinski definition) is 3. The zero-order valence-corrected chi connectivity index (χ0v) is 12.4. The Morgan fingerprint density at radius 3 is 2.53 bits per heavy atom. The van der Waals surface area contributed by atoms with Gasteiger partial charge >= 0.3 is 0 Å². The monoisotopic (exact) mass is 334 g/mol. The SMILES string of the molecule is Oc1cc2ccccc2cc1OCc1cc(Br)cs1. The van der Waals surface area contributed by atoms with E-state index < -0.39 is 0 Å². The third-order valence-corrected chi connectivity index (χ3v) is 4.49. The maximum atomic E-state index is 9.96. The third-order valence-electron chi connectivity index (χ3n) is 2.82. The van der Waals surface area contributed by atoms with E-state index in [2.05, 4.69) is 15.9 Å². The highest BCUT2D eigenvalue weighted by atomic mass is 79.9. The Morgan fingerprint density at radius 2 is 1.84 bits per heavy atom. The molecule has 3 rings (SSSR count). The summed E-state index contributed by atoms with van der Waals surface area (Å²) in [5.41, 5.74) is 0. The van der Waals surface area contributed by atoms with Gasteiger partial charge in [-0.15, -0.1) is 11.3 Å². The Morgan fingerprint density at radius 1 is 1.11 bits per heavy atom. The fraction of sp³-hybridized carbons (Fsp3) is 0.0667. The summed E-state index contributed by atoms with van der Waals surface area (Å²) in [5.74, 6) is 0.692. The van der Waals surface area contributed by atoms with Gasteiger partial charge in [-0.25, -0.2) is 0 Å². The third kappa shape index (κ3) is 2.74. The van der Waals surface area contributed by atoms with Crippen molar-refractivity contribution in [1.82, 2.24) is 0 Å². The smallest absolute Gasteiger partial charge is 0.162 e. The Bertz CT molecular complexity index is 721. The van der Waals surface area contributed by atoms with Gasteiger partial charge in [0.2, 0.25) is 0 Å². The predicted octanol–water partition coefficient (Wildman–Crippen LogP) is 4.95. The number of phenolic OH excluding ortho intramolecular Hbond substituents is 1. The lowest BCUT2D eigenvalue weighted by atomic mass is 10.1. The highest BCUT2D eigenvalue weighted by Crippen LogP contribution is 2.32. The Kier molecular flexibility index (Phi) is 3.44. The zero-order valence-electron chi connectivity index (χ0n) is 9.97. The first-order valence-electron chi connectivity index (χ1n) is 5.80. The van der Waals surface area contributed by atoms with Gasteiger partial charge in [0.25, 0.3) is 0 Å². The molecule has 1 N–H and O–H groups in total. The first-order chi connectivity index (χ1) is 9.22. The van der Waals surface area contributed by atoms with Gasteiger partial charge in [0.05, 0.1) is 0 Å². The van der Waals surface area contributed by atoms with Crippen LogP contribution in [0.15, 0.2) is 52.3 Å². The van der Waals surface area contributed by atoms with E-state index >= 15 is 0 Å². The minimum atomic E-state index is 0.175. The second-order valence-electron chi connectivity index (χ2n) is 4.19. The van der Waals surface area contributed by atoms with Gasteiger partial charge < -0.3 is 9.84 Å². The van der Waals surface area contributed by atoms with Gasteiger partial charge in [-0.2, -0.15) is 0 Å². The van der Waals surface area contributed by atoms with Crippen molar-refractivity contribution in [3.05, 3.63) is 57.2 Å². The maximum absolute atomic E-state index is 9.96. The van der Waals surface area contributed by atoms with Crippen molar-refractivity contribution >= 4 is 38.0 Å². The van der Waals surface area contributed by atoms with Gasteiger partial charge in [-0.3, -0.25) is 0 Å². The number of halogens is 1. The second kappa shape index (κ2) is 5.23. The highest BCUT2D eigenvalue weighted by molar-refractivity contribution is 9.10. The van der Waals surface area contributed by atoms with E-state index in [1.807, 2.05) is 41.8 Å². The normalized spacial score (nSPS) is 10.8. The van der Waals surface area contributed by atoms with Crippen LogP contribution >= 0.6 is 27.3 Å². The van der Waals surface area contributed by atoms with Crippen molar-refractivity contribution in [2.75, 3.05) is 0 Å². The number of hydrogen-bond donors (Lipinski definition) is 1. The molecule has 19 heavy (non-hydrogen) atoms. The molecule has 0 unspecified atom stereocenters. The van der Waals surface area contributed by atoms with Crippen molar-refractivity contribution in [3.63, 3.8) is 0 Å². The topological polar surface area (TPSA) is 29.5 Å². The van der Waals surface area contributed by atoms with Crippen LogP contribution in [0.3, 0.4) is 0 Å². The van der Waals surface area contributed by atoms with Crippen LogP contribution in [0.5, 0.6) is 11.5 Å². The van der Waals surface area contributed by atoms with Crippen molar-refractivity contribution in [3.8, 4) is 11.5 Å². The molecule has 0 aliphatic rings. The molecule has 0 saturated carbocycles. The minimum absolute atomic E-state index is 0.175. The lowest BCUT2D eigenvalue weighted by Gasteiger charge is -2.08. The minimum Gasteiger partial charge on any atom is -0.504 e. The number of aromatic hydroxyl groups is 1. The molecule has 0 atom stereocenters. The van der Waals surface area contributed by atoms with E-state index in [1.54, 1.807) is 17.4 Å². The first-order valence-corrected chi connectivity index (χ1v) is 7.47. The molecule has 0 spiro atoms. The molecule has 2 aromatic carbocycles. The molecule has 0 aliphatic carbocycles. The molecule has 4 heteroatoms. The van der Waals surface area contributed by atoms with Crippen molar-refractivity contribution in [2.45, 2.75) is 6.61 Å². The number of phenols is 1. The fourth-order valence-corrected chi connectivity index (χ4v) is 3.26. The standard InChI is InChI=1S/C15H11BrO2S/c16-12-7-13(19-9-12)8-18-15-6-11-4-2-1-3-10(11)5-14(15)17/h1-7,9,17H,8H2. The quantitative estimate of drug-likeness (QED) is 0.734. The van der Waals surface area contributed by atoms with Crippen molar-refractivity contribution in [1.29, 1.82) is 0 Å². The summed E-state index contributed by atoms with van der Waals surface area (Å²) in [7, 11) is 0. The summed E-state index contributed by atoms with van der Waals surface area (Å²) in [6.45, 7) is 0.460. The molecule has 0 saturated heterocycles. The molecule has 1 heterocycles. The van der Waals surface area contributed by atoms with Crippen molar-refractivity contribution in [2.24, 2.45) is 0 Å². The molecule has 2 nitrogen and oxygen atoms in total. The average molecular weight is 335 g/mol. The average Bonchev–Trinajstić information content (AvgIpc) is 2.82. The van der Waals surface area contributed by atoms with Gasteiger partial charge in [-0.05, 0) is 44.9 Å². The zero-order chi connectivity index (χ0) is 13.2. The molecule has 96 valence electrons. The maximum Gasteiger partial charge on any atom is 0.162 e. The summed E-state index contributed by atoms with van der Waals surface area (Å²) in [4.78, 5) is 1.11. The molecule has 3 aromatic rings. The second-order valence-corrected chi connectivity index (χ2v) is 6.10. The Balaban J connectivity index is 1.86. The van der Waals surface area contributed by atoms with Crippen LogP contribution in [-0.2, 0) is 6.61 Å². The van der Waals surface area contributed by atoms with Gasteiger partial charge in [0.1, 0.15) is 6.61 Å². The summed E-state index contributed by atoms with van der Waals surface area (Å²) in [6, 6.07) is 13.5. The van der Waals surface area contributed by atoms with Crippen LogP contribution in [0, 0.1) is 0 Å². The number of rotatable bonds is 3. The molecule has 0 amide bonds. The van der Waals surface area contributed by atoms with E-state index in [-0.39, 0.29) is 5.75 Å². The fourth-order valence-electron chi connectivity index (χ4n) is 1.90. The van der Waals surface area contributed by atoms with Gasteiger partial charge in [-0.1, -0.05) is 24.3 Å². The lowest BCUT2D eigenvalue weighted by molar-refractivity contribution is 0.292. The number of benzene rings is 2. The molecule has 0 bridgehead atoms. The van der Waals surface area contributed by atoms with E-state index in [0.717, 1.165) is 20.1 Å². The van der Waals surface area contributed by atoms with E-state index in [4.69, 9.17) is 4.74 Å². The predicted molar refractivity (Wildman–Crippen MR) is 82.0 cm³/mol. The number of fused-ring (bicyclic) bond motifs is 1. The van der Waals surface area contributed by atoms with Crippen LogP contribution in [0.2, 0.25) is 0 Å². The largest absolute Gasteiger partial charge is 0.504 e. The summed E-state index contributed by atoms with van der Waals surface area (Å²) >= 11 is 5.04. The summed E-state index contributed by atoms with van der Waals surface area (Å²) in [6.07, 6.45) is 0. The molecule has 1 aromatic heterocycles. The highest BCUT2D eigenvalue weighted by Gasteiger charge is 2.06. The molecular weight excluding hydrogens is 324 g/mol. The number of ether oxygens (including phenoxy) is 1. The first kappa shape index (κ1) is 12.5. The van der Waals surface area contributed by atoms with E-state index in [1.165, 1.54) is 0 Å². The van der Waals surface area contributed by atoms with Crippen LogP contribution in [0.4, 0.5) is 0 Å². The van der Waals surface area contributed by atoms with Crippen molar-refractivity contribution < 1.29 is 9.84 Å². The van der Waals surface area contributed by atoms with E-state index in [9.17, 15) is 5.11 Å². The molecule has 0 aliphatic heterocycles. The Hall–Kier alpha value is -1.52. The summed E-state index contributed by atoms with van der Waals surface area (Å²) in [5, 5.41) is 14.0. The van der Waals surface area contributed by atoms with Crippen LogP contribution in [-0.4, -0.2) is 5.11 Å².